The number of methoxy groups -OCH3 is 1. The van der Waals surface area contributed by atoms with Crippen LogP contribution in [-0.4, -0.2) is 7.11 Å². The van der Waals surface area contributed by atoms with Crippen LogP contribution in [0.15, 0.2) is 12.3 Å². The molecule has 0 aliphatic heterocycles. The first-order valence-corrected chi connectivity index (χ1v) is 1.32. The van der Waals surface area contributed by atoms with Gasteiger partial charge in [0.05, 0.1) is 7.11 Å². The van der Waals surface area contributed by atoms with Crippen molar-refractivity contribution in [3.63, 3.8) is 0 Å². The standard InChI is InChI=1S/C4H7O.Y/c1-4(2)5-3;/h1-2H2,3H3;/q-1;. The summed E-state index contributed by atoms with van der Waals surface area (Å²) >= 11 is 0. The number of ether oxygens (including phenoxy) is 1. The SMILES string of the molecule is C=C([CH2-])OC.[Y]. The Bertz CT molecular complexity index is 42.8. The van der Waals surface area contributed by atoms with Crippen LogP contribution in [-0.2, 0) is 37.4 Å². The van der Waals surface area contributed by atoms with Gasteiger partial charge < -0.3 is 4.74 Å². The van der Waals surface area contributed by atoms with E-state index in [4.69, 9.17) is 0 Å². The van der Waals surface area contributed by atoms with Crippen LogP contribution in [0.3, 0.4) is 0 Å². The fraction of sp³-hybridized carbons (Fsp3) is 0.250. The quantitative estimate of drug-likeness (QED) is 0.410. The molecule has 0 amide bonds. The van der Waals surface area contributed by atoms with Crippen LogP contribution in [0.25, 0.3) is 0 Å². The molecule has 0 N–H and O–H groups in total. The van der Waals surface area contributed by atoms with E-state index in [9.17, 15) is 0 Å². The summed E-state index contributed by atoms with van der Waals surface area (Å²) in [5, 5.41) is 0. The van der Waals surface area contributed by atoms with Gasteiger partial charge in [0.2, 0.25) is 0 Å². The smallest absolute Gasteiger partial charge is 0.0728 e. The van der Waals surface area contributed by atoms with Gasteiger partial charge in [-0.3, -0.25) is 0 Å². The number of hydrogen-bond acceptors (Lipinski definition) is 1. The van der Waals surface area contributed by atoms with Gasteiger partial charge in [0, 0.05) is 32.7 Å². The van der Waals surface area contributed by atoms with Crippen molar-refractivity contribution < 1.29 is 37.4 Å². The van der Waals surface area contributed by atoms with Gasteiger partial charge in [0.25, 0.3) is 0 Å². The van der Waals surface area contributed by atoms with Gasteiger partial charge in [-0.1, -0.05) is 5.76 Å². The summed E-state index contributed by atoms with van der Waals surface area (Å²) in [6.07, 6.45) is 0. The maximum atomic E-state index is 4.44. The molecule has 0 aliphatic carbocycles. The van der Waals surface area contributed by atoms with Crippen LogP contribution in [0.4, 0.5) is 0 Å². The minimum Gasteiger partial charge on any atom is -0.535 e. The molecule has 0 rings (SSSR count). The fourth-order valence-electron chi connectivity index (χ4n) is 0. The molecule has 0 aliphatic rings. The van der Waals surface area contributed by atoms with Crippen molar-refractivity contribution in [3.05, 3.63) is 19.3 Å². The van der Waals surface area contributed by atoms with Gasteiger partial charge in [-0.15, -0.1) is 0 Å². The summed E-state index contributed by atoms with van der Waals surface area (Å²) in [6.45, 7) is 6.68. The second kappa shape index (κ2) is 5.51. The summed E-state index contributed by atoms with van der Waals surface area (Å²) < 4.78 is 4.44. The predicted octanol–water partition coefficient (Wildman–Crippen LogP) is 0.978. The third-order valence-electron chi connectivity index (χ3n) is 0.289. The Kier molecular flexibility index (Phi) is 8.93. The van der Waals surface area contributed by atoms with E-state index in [-0.39, 0.29) is 32.7 Å². The zero-order valence-corrected chi connectivity index (χ0v) is 6.74. The van der Waals surface area contributed by atoms with Crippen LogP contribution in [0.5, 0.6) is 0 Å². The van der Waals surface area contributed by atoms with E-state index in [1.165, 1.54) is 7.11 Å². The van der Waals surface area contributed by atoms with Crippen molar-refractivity contribution in [1.29, 1.82) is 0 Å². The van der Waals surface area contributed by atoms with Crippen molar-refractivity contribution in [3.8, 4) is 0 Å². The molecule has 2 heteroatoms. The van der Waals surface area contributed by atoms with Crippen molar-refractivity contribution in [2.75, 3.05) is 7.11 Å². The second-order valence-electron chi connectivity index (χ2n) is 0.743. The summed E-state index contributed by atoms with van der Waals surface area (Å²) in [5.74, 6) is 0.505. The molecule has 0 aromatic rings. The molecule has 0 fully saturated rings. The molecule has 1 radical (unpaired) electrons. The second-order valence-corrected chi connectivity index (χ2v) is 0.743. The van der Waals surface area contributed by atoms with E-state index in [0.29, 0.717) is 5.76 Å². The molecule has 1 nitrogen and oxygen atoms in total. The van der Waals surface area contributed by atoms with E-state index in [1.54, 1.807) is 0 Å². The number of rotatable bonds is 1. The molecule has 6 heavy (non-hydrogen) atoms. The molecular weight excluding hydrogens is 153 g/mol. The zero-order chi connectivity index (χ0) is 4.28. The molecule has 33 valence electrons. The van der Waals surface area contributed by atoms with Crippen LogP contribution >= 0.6 is 0 Å². The van der Waals surface area contributed by atoms with E-state index in [1.807, 2.05) is 0 Å². The van der Waals surface area contributed by atoms with Crippen LogP contribution in [0.1, 0.15) is 0 Å². The van der Waals surface area contributed by atoms with Crippen molar-refractivity contribution in [2.24, 2.45) is 0 Å². The van der Waals surface area contributed by atoms with Gasteiger partial charge in [0.15, 0.2) is 0 Å². The third-order valence-corrected chi connectivity index (χ3v) is 0.289. The van der Waals surface area contributed by atoms with Crippen LogP contribution in [0.2, 0.25) is 0 Å². The van der Waals surface area contributed by atoms with Crippen molar-refractivity contribution >= 4 is 0 Å². The Labute approximate surface area is 63.6 Å². The minimum atomic E-state index is 0. The summed E-state index contributed by atoms with van der Waals surface area (Å²) in [6, 6.07) is 0. The summed E-state index contributed by atoms with van der Waals surface area (Å²) in [5.41, 5.74) is 0. The fourth-order valence-corrected chi connectivity index (χ4v) is 0. The van der Waals surface area contributed by atoms with E-state index >= 15 is 0 Å². The molecule has 0 saturated heterocycles. The molecule has 0 saturated carbocycles. The number of hydrogen-bond donors (Lipinski definition) is 0. The Balaban J connectivity index is 0. The average Bonchev–Trinajstić information content (AvgIpc) is 1.38. The molecule has 0 aromatic heterocycles. The average molecular weight is 160 g/mol. The Hall–Kier alpha value is 0.514. The van der Waals surface area contributed by atoms with E-state index in [0.717, 1.165) is 0 Å². The molecule has 0 spiro atoms. The molecule has 0 heterocycles. The monoisotopic (exact) mass is 160 g/mol. The Morgan fingerprint density at radius 1 is 1.83 bits per heavy atom. The van der Waals surface area contributed by atoms with Gasteiger partial charge in [-0.25, -0.2) is 13.5 Å². The maximum absolute atomic E-state index is 4.44. The number of allylic oxidation sites excluding steroid dienone is 1. The largest absolute Gasteiger partial charge is 0.535 e. The summed E-state index contributed by atoms with van der Waals surface area (Å²) in [7, 11) is 1.54. The minimum absolute atomic E-state index is 0. The van der Waals surface area contributed by atoms with Gasteiger partial charge in [-0.2, -0.15) is 0 Å². The Morgan fingerprint density at radius 3 is 2.00 bits per heavy atom. The van der Waals surface area contributed by atoms with Gasteiger partial charge in [-0.05, 0) is 0 Å². The first-order chi connectivity index (χ1) is 2.27. The maximum Gasteiger partial charge on any atom is 0.0728 e. The molecular formula is C4H7OY-. The molecule has 0 aromatic carbocycles. The molecule has 0 atom stereocenters. The van der Waals surface area contributed by atoms with Crippen molar-refractivity contribution in [1.82, 2.24) is 0 Å². The normalized spacial score (nSPS) is 5.50. The van der Waals surface area contributed by atoms with Gasteiger partial charge in [0.1, 0.15) is 0 Å². The zero-order valence-electron chi connectivity index (χ0n) is 3.90. The Morgan fingerprint density at radius 2 is 2.00 bits per heavy atom. The van der Waals surface area contributed by atoms with Crippen LogP contribution < -0.4 is 0 Å². The van der Waals surface area contributed by atoms with Crippen LogP contribution in [0, 0.1) is 6.92 Å². The summed E-state index contributed by atoms with van der Waals surface area (Å²) in [4.78, 5) is 0. The molecule has 0 bridgehead atoms. The van der Waals surface area contributed by atoms with Gasteiger partial charge >= 0.3 is 0 Å². The first-order valence-electron chi connectivity index (χ1n) is 1.32. The first kappa shape index (κ1) is 9.72. The van der Waals surface area contributed by atoms with Crippen molar-refractivity contribution in [2.45, 2.75) is 0 Å². The third kappa shape index (κ3) is 8.82. The molecule has 0 unspecified atom stereocenters. The topological polar surface area (TPSA) is 9.23 Å². The predicted molar refractivity (Wildman–Crippen MR) is 21.5 cm³/mol. The van der Waals surface area contributed by atoms with E-state index in [2.05, 4.69) is 18.2 Å². The van der Waals surface area contributed by atoms with E-state index < -0.39 is 0 Å².